The van der Waals surface area contributed by atoms with Crippen molar-refractivity contribution >= 4 is 29.5 Å². The number of hydrogen-bond acceptors (Lipinski definition) is 3. The van der Waals surface area contributed by atoms with E-state index in [1.54, 1.807) is 0 Å². The third kappa shape index (κ3) is 19.6. The minimum atomic E-state index is -1.06. The van der Waals surface area contributed by atoms with Gasteiger partial charge in [-0.3, -0.25) is 0 Å². The zero-order valence-corrected chi connectivity index (χ0v) is 14.0. The van der Waals surface area contributed by atoms with Gasteiger partial charge in [0.1, 0.15) is 0 Å². The number of carbonyl (C=O) groups excluding carboxylic acids is 2. The van der Waals surface area contributed by atoms with Crippen LogP contribution in [0, 0.1) is 0 Å². The molecule has 10 heteroatoms. The van der Waals surface area contributed by atoms with Crippen LogP contribution in [0.2, 0.25) is 0 Å². The molecular formula is C10H29GeNO8+6. The van der Waals surface area contributed by atoms with Crippen molar-refractivity contribution in [1.82, 2.24) is 6.15 Å². The summed E-state index contributed by atoms with van der Waals surface area (Å²) in [6.45, 7) is 2.70. The van der Waals surface area contributed by atoms with Gasteiger partial charge in [-0.15, -0.1) is 0 Å². The van der Waals surface area contributed by atoms with Crippen LogP contribution in [0.5, 0.6) is 0 Å². The molecule has 0 aliphatic rings. The molecule has 0 heterocycles. The maximum atomic E-state index is 10.1. The summed E-state index contributed by atoms with van der Waals surface area (Å²) < 4.78 is 0. The molecule has 20 heavy (non-hydrogen) atoms. The van der Waals surface area contributed by atoms with Crippen LogP contribution in [-0.2, 0) is 9.59 Å². The van der Waals surface area contributed by atoms with Gasteiger partial charge in [0.05, 0.1) is 0 Å². The Balaban J connectivity index is -0.000000116. The van der Waals surface area contributed by atoms with Crippen LogP contribution in [0.15, 0.2) is 0 Å². The van der Waals surface area contributed by atoms with Crippen LogP contribution < -0.4 is 6.15 Å². The van der Waals surface area contributed by atoms with E-state index >= 15 is 0 Å². The molecule has 0 rings (SSSR count). The molecule has 0 aliphatic carbocycles. The second-order valence-electron chi connectivity index (χ2n) is 4.67. The maximum Gasteiger partial charge on any atom is 0.524 e. The summed E-state index contributed by atoms with van der Waals surface area (Å²) in [6, 6.07) is 0. The van der Waals surface area contributed by atoms with Crippen molar-refractivity contribution in [2.45, 2.75) is 37.9 Å². The molecule has 0 saturated heterocycles. The molecule has 0 aliphatic heterocycles. The SMILES string of the molecule is CC([OH2+])(C[OH2+])CC(=O)[OH2+].CC([OH2+])(C[OH2+])CC(=O)[OH2+].N.[Ge]. The predicted molar refractivity (Wildman–Crippen MR) is 78.3 cm³/mol. The summed E-state index contributed by atoms with van der Waals surface area (Å²) in [5.74, 6) is -1.53. The average molecular weight is 364 g/mol. The van der Waals surface area contributed by atoms with Crippen LogP contribution in [0.4, 0.5) is 0 Å². The molecule has 9 nitrogen and oxygen atoms in total. The molecule has 0 aromatic heterocycles. The van der Waals surface area contributed by atoms with E-state index in [1.807, 2.05) is 0 Å². The molecule has 0 saturated carbocycles. The molecule has 120 valence electrons. The Morgan fingerprint density at radius 1 is 0.850 bits per heavy atom. The first kappa shape index (κ1) is 27.6. The molecule has 2 unspecified atom stereocenters. The summed E-state index contributed by atoms with van der Waals surface area (Å²) in [4.78, 5) is 20.2. The van der Waals surface area contributed by atoms with E-state index < -0.39 is 23.1 Å². The van der Waals surface area contributed by atoms with Gasteiger partial charge < -0.3 is 36.8 Å². The fourth-order valence-electron chi connectivity index (χ4n) is 0.834. The predicted octanol–water partition coefficient (Wildman–Crippen LogP) is -4.55. The Labute approximate surface area is 127 Å². The van der Waals surface area contributed by atoms with Crippen molar-refractivity contribution in [1.29, 1.82) is 0 Å². The fourth-order valence-corrected chi connectivity index (χ4v) is 0.834. The Morgan fingerprint density at radius 2 is 1.05 bits per heavy atom. The van der Waals surface area contributed by atoms with Gasteiger partial charge in [-0.2, -0.15) is 0 Å². The monoisotopic (exact) mass is 365 g/mol. The van der Waals surface area contributed by atoms with Crippen LogP contribution in [0.25, 0.3) is 0 Å². The van der Waals surface area contributed by atoms with Crippen LogP contribution in [0.3, 0.4) is 0 Å². The Bertz CT molecular complexity index is 254. The summed E-state index contributed by atoms with van der Waals surface area (Å²) >= 11 is 0. The topological polar surface area (TPSA) is 207 Å². The van der Waals surface area contributed by atoms with E-state index in [1.165, 1.54) is 13.8 Å². The van der Waals surface area contributed by atoms with Crippen molar-refractivity contribution in [3.63, 3.8) is 0 Å². The van der Waals surface area contributed by atoms with E-state index in [2.05, 4.69) is 0 Å². The average Bonchev–Trinajstić information content (AvgIpc) is 2.15. The fraction of sp³-hybridized carbons (Fsp3) is 0.800. The van der Waals surface area contributed by atoms with E-state index in [9.17, 15) is 9.59 Å². The second kappa shape index (κ2) is 12.1. The summed E-state index contributed by atoms with van der Waals surface area (Å²) in [7, 11) is 0. The van der Waals surface area contributed by atoms with Gasteiger partial charge >= 0.3 is 11.9 Å². The van der Waals surface area contributed by atoms with Gasteiger partial charge in [-0.1, -0.05) is 0 Å². The Kier molecular flexibility index (Phi) is 16.6. The second-order valence-corrected chi connectivity index (χ2v) is 4.67. The summed E-state index contributed by atoms with van der Waals surface area (Å²) in [6.07, 6.45) is -0.285. The smallest absolute Gasteiger partial charge is 0.524 e. The summed E-state index contributed by atoms with van der Waals surface area (Å²) in [5, 5.41) is 40.9. The van der Waals surface area contributed by atoms with Gasteiger partial charge in [-0.25, -0.2) is 0 Å². The molecule has 0 bridgehead atoms. The quantitative estimate of drug-likeness (QED) is 0.365. The van der Waals surface area contributed by atoms with Crippen LogP contribution in [0.1, 0.15) is 26.7 Å². The van der Waals surface area contributed by atoms with Gasteiger partial charge in [0.25, 0.3) is 0 Å². The van der Waals surface area contributed by atoms with E-state index in [0.29, 0.717) is 0 Å². The van der Waals surface area contributed by atoms with Crippen molar-refractivity contribution in [2.75, 3.05) is 13.2 Å². The first-order valence-electron chi connectivity index (χ1n) is 5.24. The molecule has 0 aromatic carbocycles. The van der Waals surface area contributed by atoms with Crippen LogP contribution in [-0.4, -0.2) is 84.6 Å². The van der Waals surface area contributed by atoms with Gasteiger partial charge in [0, 0.05) is 41.0 Å². The minimum Gasteiger partial charge on any atom is -0.564 e. The number of carbonyl (C=O) groups is 2. The maximum absolute atomic E-state index is 10.1. The van der Waals surface area contributed by atoms with Crippen molar-refractivity contribution < 1.29 is 40.2 Å². The molecule has 15 N–H and O–H groups in total. The van der Waals surface area contributed by atoms with Crippen LogP contribution >= 0.6 is 0 Å². The molecule has 0 aromatic rings. The van der Waals surface area contributed by atoms with E-state index in [0.717, 1.165) is 0 Å². The van der Waals surface area contributed by atoms with Crippen molar-refractivity contribution in [3.05, 3.63) is 0 Å². The molecule has 0 fully saturated rings. The zero-order chi connectivity index (χ0) is 15.0. The third-order valence-corrected chi connectivity index (χ3v) is 1.88. The molecule has 4 radical (unpaired) electrons. The molecule has 0 amide bonds. The van der Waals surface area contributed by atoms with Crippen molar-refractivity contribution in [3.8, 4) is 0 Å². The van der Waals surface area contributed by atoms with Gasteiger partial charge in [0.2, 0.25) is 24.4 Å². The van der Waals surface area contributed by atoms with E-state index in [4.69, 9.17) is 30.6 Å². The summed E-state index contributed by atoms with van der Waals surface area (Å²) in [5.41, 5.74) is -2.11. The Hall–Kier alpha value is -0.717. The normalized spacial score (nSPS) is 15.1. The number of hydrogen-bond donors (Lipinski definition) is 1. The first-order chi connectivity index (χ1) is 7.95. The number of rotatable bonds is 6. The molecule has 2 atom stereocenters. The molecule has 0 spiro atoms. The van der Waals surface area contributed by atoms with Gasteiger partial charge in [-0.05, 0) is 0 Å². The van der Waals surface area contributed by atoms with Crippen molar-refractivity contribution in [2.24, 2.45) is 0 Å². The standard InChI is InChI=1S/2C5H10O4.Ge.H3N/c2*1-5(9,3-6)2-4(7)8;;/h2*6,9H,2-3H2,1H3,(H,7,8);;1H3/p+6. The molecular weight excluding hydrogens is 335 g/mol. The third-order valence-electron chi connectivity index (χ3n) is 1.88. The zero-order valence-electron chi connectivity index (χ0n) is 11.9. The van der Waals surface area contributed by atoms with E-state index in [-0.39, 0.29) is 49.8 Å². The van der Waals surface area contributed by atoms with Gasteiger partial charge in [0.15, 0.2) is 12.8 Å². The first-order valence-corrected chi connectivity index (χ1v) is 5.24. The Morgan fingerprint density at radius 3 is 1.10 bits per heavy atom. The largest absolute Gasteiger partial charge is 0.564 e. The minimum absolute atomic E-state index is 0.